The molecule has 1 saturated heterocycles. The lowest BCUT2D eigenvalue weighted by Crippen LogP contribution is -2.49. The van der Waals surface area contributed by atoms with Gasteiger partial charge < -0.3 is 14.4 Å². The summed E-state index contributed by atoms with van der Waals surface area (Å²) in [6, 6.07) is 2.32. The molecule has 1 aliphatic rings. The highest BCUT2D eigenvalue weighted by Crippen LogP contribution is 2.26. The second kappa shape index (κ2) is 7.83. The maximum atomic E-state index is 13.0. The topological polar surface area (TPSA) is 51.7 Å². The fourth-order valence-corrected chi connectivity index (χ4v) is 2.55. The molecular formula is C16H21F3N2O3. The molecule has 1 unspecified atom stereocenters. The first-order valence-corrected chi connectivity index (χ1v) is 7.85. The Balaban J connectivity index is 2.30. The second-order valence-electron chi connectivity index (χ2n) is 5.94. The van der Waals surface area contributed by atoms with E-state index in [-0.39, 0.29) is 24.2 Å². The second-order valence-corrected chi connectivity index (χ2v) is 5.94. The van der Waals surface area contributed by atoms with E-state index in [1.165, 1.54) is 18.3 Å². The lowest BCUT2D eigenvalue weighted by atomic mass is 10.1. The molecule has 1 amide bonds. The van der Waals surface area contributed by atoms with Crippen LogP contribution in [0.4, 0.5) is 13.2 Å². The molecule has 0 aromatic carbocycles. The molecule has 1 aromatic heterocycles. The van der Waals surface area contributed by atoms with E-state index in [4.69, 9.17) is 9.47 Å². The van der Waals surface area contributed by atoms with E-state index < -0.39 is 24.7 Å². The summed E-state index contributed by atoms with van der Waals surface area (Å²) in [7, 11) is 0. The van der Waals surface area contributed by atoms with Gasteiger partial charge in [-0.25, -0.2) is 4.98 Å². The molecule has 1 aliphatic heterocycles. The Morgan fingerprint density at radius 1 is 1.50 bits per heavy atom. The third kappa shape index (κ3) is 5.09. The van der Waals surface area contributed by atoms with E-state index in [0.717, 1.165) is 4.90 Å². The van der Waals surface area contributed by atoms with Crippen molar-refractivity contribution in [1.82, 2.24) is 9.88 Å². The van der Waals surface area contributed by atoms with Gasteiger partial charge in [-0.2, -0.15) is 13.2 Å². The van der Waals surface area contributed by atoms with E-state index in [2.05, 4.69) is 4.98 Å². The van der Waals surface area contributed by atoms with Crippen LogP contribution in [0.1, 0.15) is 37.0 Å². The summed E-state index contributed by atoms with van der Waals surface area (Å²) in [4.78, 5) is 17.6. The molecule has 2 rings (SSSR count). The van der Waals surface area contributed by atoms with E-state index in [1.807, 2.05) is 0 Å². The molecule has 0 bridgehead atoms. The van der Waals surface area contributed by atoms with Crippen molar-refractivity contribution < 1.29 is 27.4 Å². The van der Waals surface area contributed by atoms with Crippen LogP contribution in [0, 0.1) is 0 Å². The van der Waals surface area contributed by atoms with Gasteiger partial charge in [0.1, 0.15) is 12.1 Å². The number of rotatable bonds is 5. The van der Waals surface area contributed by atoms with E-state index >= 15 is 0 Å². The van der Waals surface area contributed by atoms with Gasteiger partial charge in [0.2, 0.25) is 5.88 Å². The zero-order valence-corrected chi connectivity index (χ0v) is 13.7. The molecular weight excluding hydrogens is 325 g/mol. The minimum Gasteiger partial charge on any atom is -0.474 e. The van der Waals surface area contributed by atoms with Crippen LogP contribution >= 0.6 is 0 Å². The number of pyridine rings is 1. The molecule has 0 spiro atoms. The van der Waals surface area contributed by atoms with Crippen molar-refractivity contribution in [1.29, 1.82) is 0 Å². The molecule has 1 aromatic rings. The molecule has 0 N–H and O–H groups in total. The molecule has 24 heavy (non-hydrogen) atoms. The van der Waals surface area contributed by atoms with Crippen LogP contribution in [-0.4, -0.2) is 53.9 Å². The van der Waals surface area contributed by atoms with Crippen molar-refractivity contribution in [2.24, 2.45) is 0 Å². The minimum atomic E-state index is -4.49. The molecule has 5 nitrogen and oxygen atoms in total. The summed E-state index contributed by atoms with van der Waals surface area (Å²) >= 11 is 0. The van der Waals surface area contributed by atoms with Crippen molar-refractivity contribution in [2.45, 2.75) is 45.0 Å². The van der Waals surface area contributed by atoms with Crippen LogP contribution in [0.25, 0.3) is 0 Å². The smallest absolute Gasteiger partial charge is 0.406 e. The number of ether oxygens (including phenoxy) is 2. The molecule has 1 atom stereocenters. The summed E-state index contributed by atoms with van der Waals surface area (Å²) in [5, 5.41) is 0. The van der Waals surface area contributed by atoms with E-state index in [0.29, 0.717) is 19.4 Å². The van der Waals surface area contributed by atoms with Gasteiger partial charge >= 0.3 is 6.18 Å². The Bertz CT molecular complexity index is 558. The standard InChI is InChI=1S/C16H21F3N2O3/c1-11(2)24-14-13(6-3-7-20-14)15(22)21(10-16(17,18)19)12-5-4-8-23-9-12/h3,6-7,11-12H,4-5,8-10H2,1-2H3. The first-order chi connectivity index (χ1) is 11.3. The summed E-state index contributed by atoms with van der Waals surface area (Å²) in [5.41, 5.74) is 0.0287. The van der Waals surface area contributed by atoms with Gasteiger partial charge in [0, 0.05) is 12.8 Å². The number of hydrogen-bond donors (Lipinski definition) is 0. The lowest BCUT2D eigenvalue weighted by molar-refractivity contribution is -0.148. The fraction of sp³-hybridized carbons (Fsp3) is 0.625. The first kappa shape index (κ1) is 18.5. The SMILES string of the molecule is CC(C)Oc1ncccc1C(=O)N(CC(F)(F)F)C1CCCOC1. The summed E-state index contributed by atoms with van der Waals surface area (Å²) in [6.45, 7) is 2.79. The zero-order valence-electron chi connectivity index (χ0n) is 13.7. The highest BCUT2D eigenvalue weighted by Gasteiger charge is 2.38. The Morgan fingerprint density at radius 3 is 2.83 bits per heavy atom. The van der Waals surface area contributed by atoms with Crippen LogP contribution < -0.4 is 4.74 Å². The number of aromatic nitrogens is 1. The number of nitrogens with zero attached hydrogens (tertiary/aromatic N) is 2. The van der Waals surface area contributed by atoms with Crippen LogP contribution in [0.3, 0.4) is 0 Å². The Morgan fingerprint density at radius 2 is 2.25 bits per heavy atom. The largest absolute Gasteiger partial charge is 0.474 e. The van der Waals surface area contributed by atoms with Gasteiger partial charge in [-0.3, -0.25) is 4.79 Å². The van der Waals surface area contributed by atoms with Crippen molar-refractivity contribution >= 4 is 5.91 Å². The Hall–Kier alpha value is -1.83. The average Bonchev–Trinajstić information content (AvgIpc) is 2.52. The third-order valence-corrected chi connectivity index (χ3v) is 3.54. The summed E-state index contributed by atoms with van der Waals surface area (Å²) < 4.78 is 49.6. The maximum absolute atomic E-state index is 13.0. The highest BCUT2D eigenvalue weighted by atomic mass is 19.4. The maximum Gasteiger partial charge on any atom is 0.406 e. The van der Waals surface area contributed by atoms with Crippen molar-refractivity contribution in [3.05, 3.63) is 23.9 Å². The fourth-order valence-electron chi connectivity index (χ4n) is 2.55. The normalized spacial score (nSPS) is 18.5. The lowest BCUT2D eigenvalue weighted by Gasteiger charge is -2.35. The first-order valence-electron chi connectivity index (χ1n) is 7.85. The Kier molecular flexibility index (Phi) is 6.04. The predicted molar refractivity (Wildman–Crippen MR) is 80.9 cm³/mol. The molecule has 0 aliphatic carbocycles. The van der Waals surface area contributed by atoms with Gasteiger partial charge in [0.25, 0.3) is 5.91 Å². The molecule has 2 heterocycles. The molecule has 8 heteroatoms. The number of alkyl halides is 3. The highest BCUT2D eigenvalue weighted by molar-refractivity contribution is 5.96. The quantitative estimate of drug-likeness (QED) is 0.822. The van der Waals surface area contributed by atoms with Crippen LogP contribution in [0.15, 0.2) is 18.3 Å². The van der Waals surface area contributed by atoms with Crippen LogP contribution in [0.5, 0.6) is 5.88 Å². The van der Waals surface area contributed by atoms with Gasteiger partial charge in [-0.05, 0) is 38.8 Å². The number of carbonyl (C=O) groups is 1. The Labute approximate surface area is 138 Å². The van der Waals surface area contributed by atoms with E-state index in [9.17, 15) is 18.0 Å². The molecule has 1 fully saturated rings. The number of amides is 1. The van der Waals surface area contributed by atoms with Crippen molar-refractivity contribution in [2.75, 3.05) is 19.8 Å². The van der Waals surface area contributed by atoms with Crippen LogP contribution in [-0.2, 0) is 4.74 Å². The van der Waals surface area contributed by atoms with Gasteiger partial charge in [0.05, 0.1) is 18.8 Å². The zero-order chi connectivity index (χ0) is 17.7. The number of halogens is 3. The summed E-state index contributed by atoms with van der Waals surface area (Å²) in [5.74, 6) is -0.701. The molecule has 0 radical (unpaired) electrons. The predicted octanol–water partition coefficient (Wildman–Crippen LogP) is 3.05. The average molecular weight is 346 g/mol. The monoisotopic (exact) mass is 346 g/mol. The van der Waals surface area contributed by atoms with Gasteiger partial charge in [0.15, 0.2) is 0 Å². The minimum absolute atomic E-state index is 0.0287. The van der Waals surface area contributed by atoms with Gasteiger partial charge in [-0.1, -0.05) is 0 Å². The number of carbonyl (C=O) groups excluding carboxylic acids is 1. The number of hydrogen-bond acceptors (Lipinski definition) is 4. The molecule has 134 valence electrons. The van der Waals surface area contributed by atoms with Gasteiger partial charge in [-0.15, -0.1) is 0 Å². The van der Waals surface area contributed by atoms with Crippen molar-refractivity contribution in [3.8, 4) is 5.88 Å². The van der Waals surface area contributed by atoms with Crippen LogP contribution in [0.2, 0.25) is 0 Å². The third-order valence-electron chi connectivity index (χ3n) is 3.54. The summed E-state index contributed by atoms with van der Waals surface area (Å²) in [6.07, 6.45) is -2.21. The van der Waals surface area contributed by atoms with Crippen molar-refractivity contribution in [3.63, 3.8) is 0 Å². The molecule has 0 saturated carbocycles. The van der Waals surface area contributed by atoms with E-state index in [1.54, 1.807) is 13.8 Å².